The zero-order valence-electron chi connectivity index (χ0n) is 15.3. The Hall–Kier alpha value is -3.07. The summed E-state index contributed by atoms with van der Waals surface area (Å²) in [6.07, 6.45) is -4.00. The van der Waals surface area contributed by atoms with E-state index < -0.39 is 17.4 Å². The molecule has 0 radical (unpaired) electrons. The maximum atomic E-state index is 13.2. The van der Waals surface area contributed by atoms with E-state index in [1.54, 1.807) is 7.11 Å². The van der Waals surface area contributed by atoms with Crippen molar-refractivity contribution in [1.29, 1.82) is 0 Å². The van der Waals surface area contributed by atoms with Crippen LogP contribution in [0.5, 0.6) is 5.75 Å². The fourth-order valence-electron chi connectivity index (χ4n) is 2.80. The van der Waals surface area contributed by atoms with Crippen LogP contribution in [-0.4, -0.2) is 18.8 Å². The maximum absolute atomic E-state index is 13.2. The summed E-state index contributed by atoms with van der Waals surface area (Å²) in [6.45, 7) is 0.523. The molecule has 0 unspecified atom stereocenters. The first-order valence-electron chi connectivity index (χ1n) is 8.59. The predicted octanol–water partition coefficient (Wildman–Crippen LogP) is 4.35. The highest BCUT2D eigenvalue weighted by molar-refractivity contribution is 7.80. The van der Waals surface area contributed by atoms with Crippen LogP contribution < -0.4 is 21.0 Å². The molecule has 0 aliphatic rings. The lowest BCUT2D eigenvalue weighted by Gasteiger charge is -2.13. The van der Waals surface area contributed by atoms with Gasteiger partial charge in [0, 0.05) is 23.7 Å². The van der Waals surface area contributed by atoms with Gasteiger partial charge >= 0.3 is 11.8 Å². The second kappa shape index (κ2) is 8.52. The number of thiocarbonyl (C=S) groups is 1. The Morgan fingerprint density at radius 1 is 1.17 bits per heavy atom. The fourth-order valence-corrected chi connectivity index (χ4v) is 3.02. The summed E-state index contributed by atoms with van der Waals surface area (Å²) in [5.74, 6) is 0.756. The van der Waals surface area contributed by atoms with Crippen LogP contribution in [0, 0.1) is 0 Å². The van der Waals surface area contributed by atoms with Crippen molar-refractivity contribution in [3.63, 3.8) is 0 Å². The lowest BCUT2D eigenvalue weighted by molar-refractivity contribution is -0.136. The summed E-state index contributed by atoms with van der Waals surface area (Å²) in [4.78, 5) is 11.4. The lowest BCUT2D eigenvalue weighted by atomic mass is 10.1. The van der Waals surface area contributed by atoms with Crippen molar-refractivity contribution >= 4 is 34.0 Å². The zero-order chi connectivity index (χ0) is 21.0. The number of alkyl halides is 3. The Morgan fingerprint density at radius 2 is 1.97 bits per heavy atom. The summed E-state index contributed by atoms with van der Waals surface area (Å²) < 4.78 is 49.7. The summed E-state index contributed by atoms with van der Waals surface area (Å²) in [7, 11) is 1.59. The van der Waals surface area contributed by atoms with E-state index >= 15 is 0 Å². The van der Waals surface area contributed by atoms with Gasteiger partial charge in [0.2, 0.25) is 0 Å². The molecule has 152 valence electrons. The van der Waals surface area contributed by atoms with Crippen LogP contribution in [0.1, 0.15) is 11.1 Å². The molecule has 0 atom stereocenters. The highest BCUT2D eigenvalue weighted by Crippen LogP contribution is 2.34. The maximum Gasteiger partial charge on any atom is 0.417 e. The van der Waals surface area contributed by atoms with Crippen LogP contribution >= 0.6 is 12.2 Å². The van der Waals surface area contributed by atoms with Gasteiger partial charge in [0.05, 0.1) is 12.7 Å². The van der Waals surface area contributed by atoms with Gasteiger partial charge in [-0.1, -0.05) is 12.1 Å². The third-order valence-electron chi connectivity index (χ3n) is 4.14. The quantitative estimate of drug-likeness (QED) is 0.471. The second-order valence-electron chi connectivity index (χ2n) is 6.17. The molecule has 0 fully saturated rings. The summed E-state index contributed by atoms with van der Waals surface area (Å²) in [6, 6.07) is 12.1. The van der Waals surface area contributed by atoms with Gasteiger partial charge in [-0.15, -0.1) is 0 Å². The summed E-state index contributed by atoms with van der Waals surface area (Å²) in [5, 5.41) is 5.89. The zero-order valence-corrected chi connectivity index (χ0v) is 16.1. The molecule has 2 aromatic carbocycles. The number of nitrogens with one attached hydrogen (secondary N) is 2. The minimum atomic E-state index is -4.68. The van der Waals surface area contributed by atoms with Crippen molar-refractivity contribution in [2.75, 3.05) is 19.0 Å². The van der Waals surface area contributed by atoms with Gasteiger partial charge in [-0.25, -0.2) is 4.79 Å². The van der Waals surface area contributed by atoms with Crippen LogP contribution in [0.4, 0.5) is 18.9 Å². The Kier molecular flexibility index (Phi) is 6.07. The molecule has 9 heteroatoms. The molecule has 0 saturated heterocycles. The van der Waals surface area contributed by atoms with E-state index in [9.17, 15) is 18.0 Å². The lowest BCUT2D eigenvalue weighted by Crippen LogP contribution is -2.30. The molecule has 2 N–H and O–H groups in total. The van der Waals surface area contributed by atoms with E-state index in [1.165, 1.54) is 18.2 Å². The Bertz CT molecular complexity index is 1100. The minimum absolute atomic E-state index is 0.146. The predicted molar refractivity (Wildman–Crippen MR) is 108 cm³/mol. The monoisotopic (exact) mass is 422 g/mol. The number of halogens is 3. The fraction of sp³-hybridized carbons (Fsp3) is 0.200. The number of ether oxygens (including phenoxy) is 1. The number of hydrogen-bond donors (Lipinski definition) is 2. The Labute approximate surface area is 169 Å². The Balaban J connectivity index is 1.68. The number of benzene rings is 2. The van der Waals surface area contributed by atoms with Crippen molar-refractivity contribution in [3.8, 4) is 5.75 Å². The van der Waals surface area contributed by atoms with Crippen LogP contribution in [-0.2, 0) is 12.6 Å². The molecule has 0 aliphatic carbocycles. The van der Waals surface area contributed by atoms with Crippen molar-refractivity contribution in [2.24, 2.45) is 0 Å². The molecule has 3 rings (SSSR count). The molecule has 1 aromatic heterocycles. The van der Waals surface area contributed by atoms with Gasteiger partial charge in [-0.05, 0) is 54.5 Å². The molecule has 5 nitrogen and oxygen atoms in total. The van der Waals surface area contributed by atoms with Crippen molar-refractivity contribution in [2.45, 2.75) is 12.6 Å². The molecular formula is C20H17F3N2O3S. The molecule has 3 aromatic rings. The Morgan fingerprint density at radius 3 is 2.69 bits per heavy atom. The number of methoxy groups -OCH3 is 1. The normalized spacial score (nSPS) is 11.3. The van der Waals surface area contributed by atoms with Crippen molar-refractivity contribution in [1.82, 2.24) is 5.32 Å². The smallest absolute Gasteiger partial charge is 0.417 e. The van der Waals surface area contributed by atoms with Crippen LogP contribution in [0.2, 0.25) is 0 Å². The van der Waals surface area contributed by atoms with Crippen LogP contribution in [0.25, 0.3) is 11.0 Å². The second-order valence-corrected chi connectivity index (χ2v) is 6.58. The van der Waals surface area contributed by atoms with E-state index in [2.05, 4.69) is 10.6 Å². The van der Waals surface area contributed by atoms with E-state index in [4.69, 9.17) is 21.4 Å². The standard InChI is InChI=1S/C20H17F3N2O3S/c1-27-14-4-2-3-12(9-14)7-8-24-19(29)25-13-5-6-17-15(10-13)16(20(21,22)23)11-18(26)28-17/h2-6,9-11H,7-8H2,1H3,(H2,24,25,29). The first kappa shape index (κ1) is 20.7. The van der Waals surface area contributed by atoms with Crippen molar-refractivity contribution < 1.29 is 22.3 Å². The van der Waals surface area contributed by atoms with Crippen molar-refractivity contribution in [3.05, 3.63) is 70.1 Å². The molecular weight excluding hydrogens is 405 g/mol. The van der Waals surface area contributed by atoms with Gasteiger partial charge < -0.3 is 19.8 Å². The third-order valence-corrected chi connectivity index (χ3v) is 4.39. The molecule has 0 spiro atoms. The molecule has 0 amide bonds. The topological polar surface area (TPSA) is 63.5 Å². The van der Waals surface area contributed by atoms with Gasteiger partial charge in [0.15, 0.2) is 5.11 Å². The van der Waals surface area contributed by atoms with Crippen LogP contribution in [0.15, 0.2) is 57.7 Å². The minimum Gasteiger partial charge on any atom is -0.497 e. The molecule has 0 bridgehead atoms. The van der Waals surface area contributed by atoms with E-state index in [0.717, 1.165) is 11.3 Å². The van der Waals surface area contributed by atoms with E-state index in [-0.39, 0.29) is 16.1 Å². The third kappa shape index (κ3) is 5.26. The first-order chi connectivity index (χ1) is 13.8. The van der Waals surface area contributed by atoms with Gasteiger partial charge in [-0.3, -0.25) is 0 Å². The molecule has 1 heterocycles. The van der Waals surface area contributed by atoms with Gasteiger partial charge in [0.25, 0.3) is 0 Å². The van der Waals surface area contributed by atoms with Gasteiger partial charge in [-0.2, -0.15) is 13.2 Å². The highest BCUT2D eigenvalue weighted by Gasteiger charge is 2.33. The summed E-state index contributed by atoms with van der Waals surface area (Å²) in [5.41, 5.74) is -0.859. The van der Waals surface area contributed by atoms with E-state index in [0.29, 0.717) is 24.7 Å². The number of fused-ring (bicyclic) bond motifs is 1. The number of anilines is 1. The highest BCUT2D eigenvalue weighted by atomic mass is 32.1. The number of rotatable bonds is 5. The van der Waals surface area contributed by atoms with Gasteiger partial charge in [0.1, 0.15) is 11.3 Å². The number of hydrogen-bond acceptors (Lipinski definition) is 4. The average Bonchev–Trinajstić information content (AvgIpc) is 2.67. The SMILES string of the molecule is COc1cccc(CCNC(=S)Nc2ccc3oc(=O)cc(C(F)(F)F)c3c2)c1. The average molecular weight is 422 g/mol. The largest absolute Gasteiger partial charge is 0.497 e. The molecule has 0 saturated carbocycles. The summed E-state index contributed by atoms with van der Waals surface area (Å²) >= 11 is 5.21. The molecule has 29 heavy (non-hydrogen) atoms. The molecule has 0 aliphatic heterocycles. The van der Waals surface area contributed by atoms with Crippen LogP contribution in [0.3, 0.4) is 0 Å². The van der Waals surface area contributed by atoms with E-state index in [1.807, 2.05) is 24.3 Å². The first-order valence-corrected chi connectivity index (χ1v) is 9.00.